The zero-order valence-corrected chi connectivity index (χ0v) is 2.47. The van der Waals surface area contributed by atoms with Crippen LogP contribution in [-0.2, 0) is 0 Å². The predicted octanol–water partition coefficient (Wildman–Crippen LogP) is 1.44. The molecule has 0 aromatic rings. The molecule has 0 rings (SSSR count). The van der Waals surface area contributed by atoms with Crippen molar-refractivity contribution in [3.8, 4) is 0 Å². The largest absolute Gasteiger partial charge is 0.106 e. The second kappa shape index (κ2) is 36.0. The van der Waals surface area contributed by atoms with Crippen molar-refractivity contribution in [2.45, 2.75) is 7.43 Å². The Kier molecular flexibility index (Phi) is 180. The summed E-state index contributed by atoms with van der Waals surface area (Å²) < 4.78 is 0. The molecule has 0 fully saturated rings. The van der Waals surface area contributed by atoms with Crippen LogP contribution in [0, 0.1) is 37.7 Å². The maximum Gasteiger partial charge on any atom is 0 e. The molecule has 0 aromatic carbocycles. The molecule has 0 saturated heterocycles. The average Bonchev–Trinajstić information content (AvgIpc) is 1.00. The average molecular weight is 84.0 g/mol. The second-order valence-corrected chi connectivity index (χ2v) is 0. The minimum Gasteiger partial charge on any atom is -0.106 e. The van der Waals surface area contributed by atoms with E-state index in [4.69, 9.17) is 0 Å². The van der Waals surface area contributed by atoms with E-state index in [1.807, 2.05) is 0 Å². The van der Waals surface area contributed by atoms with Gasteiger partial charge in [0, 0.05) is 37.7 Å². The summed E-state index contributed by atoms with van der Waals surface area (Å²) in [4.78, 5) is 0. The van der Waals surface area contributed by atoms with Crippen LogP contribution in [0.15, 0.2) is 13.2 Å². The Morgan fingerprint density at radius 2 is 1.00 bits per heavy atom. The van der Waals surface area contributed by atoms with Crippen molar-refractivity contribution in [2.75, 3.05) is 0 Å². The smallest absolute Gasteiger partial charge is 0 e. The number of hydrogen-bond acceptors (Lipinski definition) is 0. The normalized spacial score (nSPS) is 1.00. The molecule has 0 saturated carbocycles. The van der Waals surface area contributed by atoms with E-state index in [0.29, 0.717) is 0 Å². The van der Waals surface area contributed by atoms with E-state index in [0.717, 1.165) is 0 Å². The molecule has 0 spiro atoms. The van der Waals surface area contributed by atoms with E-state index < -0.39 is 0 Å². The molecule has 0 bridgehead atoms. The standard InChI is InChI=1S/C2H4.CH4.Ar/c1-2;;/h1-2H2;1H4;. The minimum atomic E-state index is 0. The summed E-state index contributed by atoms with van der Waals surface area (Å²) in [6.07, 6.45) is 0. The van der Waals surface area contributed by atoms with E-state index in [2.05, 4.69) is 13.2 Å². The quantitative estimate of drug-likeness (QED) is 0.389. The molecule has 0 aliphatic heterocycles. The van der Waals surface area contributed by atoms with Gasteiger partial charge >= 0.3 is 0 Å². The van der Waals surface area contributed by atoms with Crippen molar-refractivity contribution in [1.29, 1.82) is 0 Å². The Balaban J connectivity index is -0.00000000500. The van der Waals surface area contributed by atoms with Gasteiger partial charge in [0.15, 0.2) is 0 Å². The Hall–Kier alpha value is 1.000. The summed E-state index contributed by atoms with van der Waals surface area (Å²) in [7, 11) is 0. The van der Waals surface area contributed by atoms with Crippen molar-refractivity contribution in [3.05, 3.63) is 13.2 Å². The number of rotatable bonds is 0. The van der Waals surface area contributed by atoms with Crippen LogP contribution >= 0.6 is 0 Å². The van der Waals surface area contributed by atoms with Crippen LogP contribution in [0.3, 0.4) is 0 Å². The summed E-state index contributed by atoms with van der Waals surface area (Å²) in [5.41, 5.74) is 0. The van der Waals surface area contributed by atoms with Gasteiger partial charge in [-0.15, -0.1) is 13.2 Å². The zero-order chi connectivity index (χ0) is 2.00. The second-order valence-electron chi connectivity index (χ2n) is 0. The van der Waals surface area contributed by atoms with Gasteiger partial charge in [-0.3, -0.25) is 0 Å². The molecule has 0 aliphatic rings. The topological polar surface area (TPSA) is 0 Å². The Labute approximate surface area is 57.9 Å². The molecule has 28 valence electrons. The van der Waals surface area contributed by atoms with Crippen molar-refractivity contribution in [1.82, 2.24) is 0 Å². The van der Waals surface area contributed by atoms with Gasteiger partial charge in [0.2, 0.25) is 0 Å². The third-order valence-electron chi connectivity index (χ3n) is 0. The molecule has 1 heteroatoms. The predicted molar refractivity (Wildman–Crippen MR) is 18.0 cm³/mol. The third-order valence-corrected chi connectivity index (χ3v) is 0. The van der Waals surface area contributed by atoms with E-state index in [9.17, 15) is 0 Å². The van der Waals surface area contributed by atoms with Gasteiger partial charge in [0.1, 0.15) is 0 Å². The first-order chi connectivity index (χ1) is 1.00. The van der Waals surface area contributed by atoms with Gasteiger partial charge in [0.05, 0.1) is 0 Å². The van der Waals surface area contributed by atoms with Gasteiger partial charge < -0.3 is 0 Å². The van der Waals surface area contributed by atoms with E-state index in [1.165, 1.54) is 0 Å². The molecule has 0 unspecified atom stereocenters. The van der Waals surface area contributed by atoms with Crippen LogP contribution < -0.4 is 0 Å². The molecule has 0 amide bonds. The molecule has 0 heterocycles. The maximum atomic E-state index is 3.00. The Morgan fingerprint density at radius 3 is 1.00 bits per heavy atom. The monoisotopic (exact) mass is 84.0 g/mol. The molecule has 0 nitrogen and oxygen atoms in total. The summed E-state index contributed by atoms with van der Waals surface area (Å²) >= 11 is 0. The molecule has 4 heavy (non-hydrogen) atoms. The first kappa shape index (κ1) is 20.0. The third kappa shape index (κ3) is 12.0. The van der Waals surface area contributed by atoms with Crippen LogP contribution in [0.2, 0.25) is 0 Å². The Morgan fingerprint density at radius 1 is 1.00 bits per heavy atom. The molecule has 0 N–H and O–H groups in total. The van der Waals surface area contributed by atoms with Crippen LogP contribution in [0.4, 0.5) is 0 Å². The van der Waals surface area contributed by atoms with Crippen LogP contribution in [0.1, 0.15) is 7.43 Å². The van der Waals surface area contributed by atoms with Gasteiger partial charge in [-0.1, -0.05) is 7.43 Å². The van der Waals surface area contributed by atoms with Crippen molar-refractivity contribution < 1.29 is 37.7 Å². The molecular formula is C3H8Ar. The zero-order valence-electron chi connectivity index (χ0n) is 1.77. The molecular weight excluding hydrogens is 76.0 g/mol. The molecule has 0 atom stereocenters. The summed E-state index contributed by atoms with van der Waals surface area (Å²) in [6.45, 7) is 6.00. The summed E-state index contributed by atoms with van der Waals surface area (Å²) in [5.74, 6) is 0. The number of hydrogen-bond donors (Lipinski definition) is 0. The van der Waals surface area contributed by atoms with Crippen molar-refractivity contribution in [2.24, 2.45) is 0 Å². The fraction of sp³-hybridized carbons (Fsp3) is 0.333. The van der Waals surface area contributed by atoms with E-state index >= 15 is 0 Å². The van der Waals surface area contributed by atoms with Crippen LogP contribution in [-0.4, -0.2) is 0 Å². The maximum absolute atomic E-state index is 3.00. The fourth-order valence-electron chi connectivity index (χ4n) is 0. The Bertz CT molecular complexity index is 3.25. The summed E-state index contributed by atoms with van der Waals surface area (Å²) in [5, 5.41) is 0. The van der Waals surface area contributed by atoms with Gasteiger partial charge in [0.25, 0.3) is 0 Å². The van der Waals surface area contributed by atoms with E-state index in [-0.39, 0.29) is 45.2 Å². The molecule has 0 aromatic heterocycles. The first-order valence-corrected chi connectivity index (χ1v) is 0.500. The van der Waals surface area contributed by atoms with Gasteiger partial charge in [-0.2, -0.15) is 0 Å². The molecule has 0 radical (unpaired) electrons. The molecule has 0 aliphatic carbocycles. The first-order valence-electron chi connectivity index (χ1n) is 0.500. The van der Waals surface area contributed by atoms with E-state index in [1.54, 1.807) is 0 Å². The summed E-state index contributed by atoms with van der Waals surface area (Å²) in [6, 6.07) is 0. The van der Waals surface area contributed by atoms with Gasteiger partial charge in [-0.25, -0.2) is 0 Å². The van der Waals surface area contributed by atoms with Crippen LogP contribution in [0.25, 0.3) is 0 Å². The van der Waals surface area contributed by atoms with Gasteiger partial charge in [-0.05, 0) is 0 Å². The van der Waals surface area contributed by atoms with Crippen LogP contribution in [0.5, 0.6) is 0 Å². The SMILES string of the molecule is C.C=C.[Ar]. The fourth-order valence-corrected chi connectivity index (χ4v) is 0. The van der Waals surface area contributed by atoms with Crippen molar-refractivity contribution >= 4 is 0 Å². The minimum absolute atomic E-state index is 0. The van der Waals surface area contributed by atoms with Crippen molar-refractivity contribution in [3.63, 3.8) is 0 Å².